The number of urea groups is 1. The van der Waals surface area contributed by atoms with Crippen LogP contribution in [0.15, 0.2) is 42.5 Å². The molecule has 2 amide bonds. The number of rotatable bonds is 3. The van der Waals surface area contributed by atoms with Gasteiger partial charge in [-0.3, -0.25) is 0 Å². The first kappa shape index (κ1) is 14.3. The number of aliphatic hydroxyl groups excluding tert-OH is 1. The van der Waals surface area contributed by atoms with Crippen molar-refractivity contribution in [2.45, 2.75) is 25.3 Å². The summed E-state index contributed by atoms with van der Waals surface area (Å²) in [5.41, 5.74) is 3.59. The first-order chi connectivity index (χ1) is 11.2. The Morgan fingerprint density at radius 1 is 1.13 bits per heavy atom. The molecule has 0 fully saturated rings. The smallest absolute Gasteiger partial charge is 0.319 e. The highest BCUT2D eigenvalue weighted by Gasteiger charge is 2.21. The molecule has 3 N–H and O–H groups in total. The van der Waals surface area contributed by atoms with Crippen LogP contribution in [-0.4, -0.2) is 23.8 Å². The van der Waals surface area contributed by atoms with E-state index in [1.54, 1.807) is 0 Å². The van der Waals surface area contributed by atoms with Crippen molar-refractivity contribution in [1.82, 2.24) is 5.32 Å². The highest BCUT2D eigenvalue weighted by molar-refractivity contribution is 6.04. The number of anilines is 1. The standard InChI is InChI=1S/C19H20N2O2/c22-11-12-4-8-15(10-12)20-19(23)21-17-9-7-14-6-5-13-2-1-3-16(17)18(13)14/h1-4,7-9,12,15,22H,5-6,10-11H2,(H2,20,21,23)/t12-,15+/m0/s1. The minimum Gasteiger partial charge on any atom is -0.396 e. The van der Waals surface area contributed by atoms with E-state index in [1.807, 2.05) is 18.2 Å². The average Bonchev–Trinajstić information content (AvgIpc) is 3.18. The van der Waals surface area contributed by atoms with Gasteiger partial charge in [0, 0.05) is 24.0 Å². The van der Waals surface area contributed by atoms with Crippen LogP contribution < -0.4 is 10.6 Å². The molecule has 2 aromatic carbocycles. The van der Waals surface area contributed by atoms with E-state index in [1.165, 1.54) is 16.5 Å². The van der Waals surface area contributed by atoms with Crippen molar-refractivity contribution in [2.75, 3.05) is 11.9 Å². The third kappa shape index (κ3) is 2.59. The number of carbonyl (C=O) groups excluding carboxylic acids is 1. The minimum absolute atomic E-state index is 0.0102. The van der Waals surface area contributed by atoms with Crippen molar-refractivity contribution >= 4 is 22.5 Å². The van der Waals surface area contributed by atoms with Gasteiger partial charge in [0.15, 0.2) is 0 Å². The van der Waals surface area contributed by atoms with Gasteiger partial charge in [-0.2, -0.15) is 0 Å². The van der Waals surface area contributed by atoms with Crippen LogP contribution in [0.25, 0.3) is 10.8 Å². The van der Waals surface area contributed by atoms with Gasteiger partial charge in [-0.05, 0) is 41.8 Å². The van der Waals surface area contributed by atoms with Crippen LogP contribution >= 0.6 is 0 Å². The lowest BCUT2D eigenvalue weighted by molar-refractivity contribution is 0.238. The van der Waals surface area contributed by atoms with Crippen molar-refractivity contribution in [1.29, 1.82) is 0 Å². The normalized spacial score (nSPS) is 21.8. The van der Waals surface area contributed by atoms with Gasteiger partial charge in [0.05, 0.1) is 5.69 Å². The van der Waals surface area contributed by atoms with E-state index in [4.69, 9.17) is 5.11 Å². The molecule has 0 saturated heterocycles. The zero-order chi connectivity index (χ0) is 15.8. The fraction of sp³-hybridized carbons (Fsp3) is 0.316. The molecule has 0 aromatic heterocycles. The molecule has 0 aliphatic heterocycles. The molecule has 23 heavy (non-hydrogen) atoms. The minimum atomic E-state index is -0.197. The van der Waals surface area contributed by atoms with Gasteiger partial charge in [-0.15, -0.1) is 0 Å². The maximum Gasteiger partial charge on any atom is 0.319 e. The van der Waals surface area contributed by atoms with E-state index in [-0.39, 0.29) is 24.6 Å². The summed E-state index contributed by atoms with van der Waals surface area (Å²) in [7, 11) is 0. The predicted molar refractivity (Wildman–Crippen MR) is 91.6 cm³/mol. The number of nitrogens with one attached hydrogen (secondary N) is 2. The molecule has 2 aromatic rings. The fourth-order valence-electron chi connectivity index (χ4n) is 3.70. The maximum atomic E-state index is 12.3. The van der Waals surface area contributed by atoms with Crippen LogP contribution in [0.2, 0.25) is 0 Å². The van der Waals surface area contributed by atoms with Gasteiger partial charge in [-0.25, -0.2) is 4.79 Å². The Hall–Kier alpha value is -2.33. The topological polar surface area (TPSA) is 61.4 Å². The van der Waals surface area contributed by atoms with Gasteiger partial charge < -0.3 is 15.7 Å². The zero-order valence-electron chi connectivity index (χ0n) is 12.9. The molecule has 2 atom stereocenters. The lowest BCUT2D eigenvalue weighted by Gasteiger charge is -2.15. The molecule has 0 radical (unpaired) electrons. The number of amides is 2. The largest absolute Gasteiger partial charge is 0.396 e. The molecule has 0 spiro atoms. The third-order valence-corrected chi connectivity index (χ3v) is 4.85. The van der Waals surface area contributed by atoms with Crippen LogP contribution in [0.1, 0.15) is 17.5 Å². The molecule has 4 heteroatoms. The molecule has 4 nitrogen and oxygen atoms in total. The molecule has 0 heterocycles. The summed E-state index contributed by atoms with van der Waals surface area (Å²) in [5, 5.41) is 17.5. The van der Waals surface area contributed by atoms with Crippen molar-refractivity contribution in [3.63, 3.8) is 0 Å². The Balaban J connectivity index is 1.53. The molecule has 0 bridgehead atoms. The van der Waals surface area contributed by atoms with Gasteiger partial charge in [0.2, 0.25) is 0 Å². The highest BCUT2D eigenvalue weighted by atomic mass is 16.3. The first-order valence-corrected chi connectivity index (χ1v) is 8.15. The molecular formula is C19H20N2O2. The van der Waals surface area contributed by atoms with Crippen molar-refractivity contribution in [3.05, 3.63) is 53.6 Å². The van der Waals surface area contributed by atoms with Crippen molar-refractivity contribution in [2.24, 2.45) is 5.92 Å². The third-order valence-electron chi connectivity index (χ3n) is 4.85. The fourth-order valence-corrected chi connectivity index (χ4v) is 3.70. The summed E-state index contributed by atoms with van der Waals surface area (Å²) >= 11 is 0. The number of aryl methyl sites for hydroxylation is 2. The van der Waals surface area contributed by atoms with E-state index in [0.29, 0.717) is 0 Å². The number of aliphatic hydroxyl groups is 1. The molecule has 2 aliphatic carbocycles. The Morgan fingerprint density at radius 2 is 1.96 bits per heavy atom. The predicted octanol–water partition coefficient (Wildman–Crippen LogP) is 3.00. The van der Waals surface area contributed by atoms with Crippen LogP contribution in [0.5, 0.6) is 0 Å². The molecule has 4 rings (SSSR count). The molecule has 0 saturated carbocycles. The van der Waals surface area contributed by atoms with E-state index >= 15 is 0 Å². The number of hydrogen-bond acceptors (Lipinski definition) is 2. The van der Waals surface area contributed by atoms with Crippen LogP contribution in [-0.2, 0) is 12.8 Å². The lowest BCUT2D eigenvalue weighted by Crippen LogP contribution is -2.36. The summed E-state index contributed by atoms with van der Waals surface area (Å²) < 4.78 is 0. The number of benzene rings is 2. The average molecular weight is 308 g/mol. The molecule has 2 aliphatic rings. The number of carbonyl (C=O) groups is 1. The second kappa shape index (κ2) is 5.70. The van der Waals surface area contributed by atoms with Gasteiger partial charge in [0.1, 0.15) is 0 Å². The monoisotopic (exact) mass is 308 g/mol. The van der Waals surface area contributed by atoms with Gasteiger partial charge >= 0.3 is 6.03 Å². The second-order valence-corrected chi connectivity index (χ2v) is 6.38. The summed E-state index contributed by atoms with van der Waals surface area (Å²) in [6.45, 7) is 0.130. The van der Waals surface area contributed by atoms with Gasteiger partial charge in [0.25, 0.3) is 0 Å². The highest BCUT2D eigenvalue weighted by Crippen LogP contribution is 2.34. The lowest BCUT2D eigenvalue weighted by atomic mass is 10.0. The van der Waals surface area contributed by atoms with E-state index < -0.39 is 0 Å². The van der Waals surface area contributed by atoms with Gasteiger partial charge in [-0.1, -0.05) is 36.4 Å². The SMILES string of the molecule is O=C(Nc1ccc2c3c(cccc13)CC2)N[C@@H]1C=C[C@H](CO)C1. The van der Waals surface area contributed by atoms with E-state index in [9.17, 15) is 4.79 Å². The van der Waals surface area contributed by atoms with Crippen molar-refractivity contribution < 1.29 is 9.90 Å². The molecule has 0 unspecified atom stereocenters. The molecule has 118 valence electrons. The Labute approximate surface area is 135 Å². The summed E-state index contributed by atoms with van der Waals surface area (Å²) in [5.74, 6) is 0.150. The van der Waals surface area contributed by atoms with E-state index in [2.05, 4.69) is 34.9 Å². The van der Waals surface area contributed by atoms with Crippen molar-refractivity contribution in [3.8, 4) is 0 Å². The second-order valence-electron chi connectivity index (χ2n) is 6.38. The number of hydrogen-bond donors (Lipinski definition) is 3. The summed E-state index contributed by atoms with van der Waals surface area (Å²) in [4.78, 5) is 12.3. The Kier molecular flexibility index (Phi) is 3.54. The van der Waals surface area contributed by atoms with E-state index in [0.717, 1.165) is 30.3 Å². The van der Waals surface area contributed by atoms with Crippen LogP contribution in [0, 0.1) is 5.92 Å². The first-order valence-electron chi connectivity index (χ1n) is 8.15. The summed E-state index contributed by atoms with van der Waals surface area (Å²) in [6.07, 6.45) is 6.83. The Bertz CT molecular complexity index is 787. The molecular weight excluding hydrogens is 288 g/mol. The summed E-state index contributed by atoms with van der Waals surface area (Å²) in [6, 6.07) is 10.2. The van der Waals surface area contributed by atoms with Crippen LogP contribution in [0.4, 0.5) is 10.5 Å². The Morgan fingerprint density at radius 3 is 2.74 bits per heavy atom. The quantitative estimate of drug-likeness (QED) is 0.763. The van der Waals surface area contributed by atoms with Crippen LogP contribution in [0.3, 0.4) is 0 Å². The zero-order valence-corrected chi connectivity index (χ0v) is 12.9. The maximum absolute atomic E-state index is 12.3.